The summed E-state index contributed by atoms with van der Waals surface area (Å²) in [5, 5.41) is 12.8. The second-order valence-electron chi connectivity index (χ2n) is 5.27. The van der Waals surface area contributed by atoms with E-state index in [0.29, 0.717) is 12.3 Å². The molecular formula is C12H21N3O3. The molecule has 0 aromatic carbocycles. The van der Waals surface area contributed by atoms with Crippen molar-refractivity contribution in [2.75, 3.05) is 19.6 Å². The van der Waals surface area contributed by atoms with Crippen LogP contribution in [-0.4, -0.2) is 53.6 Å². The number of likely N-dealkylation sites (tertiary alicyclic amines) is 1. The third kappa shape index (κ3) is 3.00. The standard InChI is InChI=1S/C12H21N3O3/c13-12(18)10-5-9(16)7-15(10)11(17)4-8-2-1-3-14-6-8/h8-10,14,16H,1-7H2,(H2,13,18). The maximum Gasteiger partial charge on any atom is 0.240 e. The first kappa shape index (κ1) is 13.3. The van der Waals surface area contributed by atoms with Crippen LogP contribution in [0, 0.1) is 5.92 Å². The molecule has 6 nitrogen and oxygen atoms in total. The molecule has 3 atom stereocenters. The lowest BCUT2D eigenvalue weighted by atomic mass is 9.95. The highest BCUT2D eigenvalue weighted by atomic mass is 16.3. The molecule has 2 saturated heterocycles. The molecule has 6 heteroatoms. The first-order valence-corrected chi connectivity index (χ1v) is 6.55. The lowest BCUT2D eigenvalue weighted by Gasteiger charge is -2.27. The van der Waals surface area contributed by atoms with Crippen LogP contribution in [0.3, 0.4) is 0 Å². The van der Waals surface area contributed by atoms with Crippen LogP contribution in [0.1, 0.15) is 25.7 Å². The summed E-state index contributed by atoms with van der Waals surface area (Å²) in [6.45, 7) is 2.09. The van der Waals surface area contributed by atoms with Gasteiger partial charge in [-0.1, -0.05) is 0 Å². The van der Waals surface area contributed by atoms with Gasteiger partial charge in [0.15, 0.2) is 0 Å². The van der Waals surface area contributed by atoms with Crippen LogP contribution < -0.4 is 11.1 Å². The number of aliphatic hydroxyl groups excluding tert-OH is 1. The average molecular weight is 255 g/mol. The Bertz CT molecular complexity index is 329. The molecule has 102 valence electrons. The number of β-amino-alcohol motifs (C(OH)–C–C–N with tert-alkyl or cyclic N) is 1. The van der Waals surface area contributed by atoms with E-state index in [0.717, 1.165) is 25.9 Å². The van der Waals surface area contributed by atoms with E-state index < -0.39 is 18.1 Å². The fourth-order valence-electron chi connectivity index (χ4n) is 2.82. The molecule has 0 radical (unpaired) electrons. The molecule has 0 spiro atoms. The highest BCUT2D eigenvalue weighted by molar-refractivity contribution is 5.87. The normalized spacial score (nSPS) is 32.5. The molecule has 2 aliphatic rings. The van der Waals surface area contributed by atoms with Gasteiger partial charge in [0.1, 0.15) is 6.04 Å². The molecule has 0 aliphatic carbocycles. The molecule has 2 amide bonds. The summed E-state index contributed by atoms with van der Waals surface area (Å²) < 4.78 is 0. The topological polar surface area (TPSA) is 95.7 Å². The van der Waals surface area contributed by atoms with Crippen molar-refractivity contribution in [1.82, 2.24) is 10.2 Å². The number of amides is 2. The SMILES string of the molecule is NC(=O)C1CC(O)CN1C(=O)CC1CCCNC1. The van der Waals surface area contributed by atoms with Crippen LogP contribution in [0.5, 0.6) is 0 Å². The van der Waals surface area contributed by atoms with Gasteiger partial charge in [-0.05, 0) is 31.8 Å². The summed E-state index contributed by atoms with van der Waals surface area (Å²) in [6, 6.07) is -0.635. The molecule has 0 saturated carbocycles. The van der Waals surface area contributed by atoms with Crippen LogP contribution in [0.4, 0.5) is 0 Å². The maximum atomic E-state index is 12.2. The predicted molar refractivity (Wildman–Crippen MR) is 65.5 cm³/mol. The third-order valence-corrected chi connectivity index (χ3v) is 3.79. The number of nitrogens with one attached hydrogen (secondary N) is 1. The molecule has 2 rings (SSSR count). The minimum Gasteiger partial charge on any atom is -0.391 e. The molecule has 0 aromatic heterocycles. The minimum atomic E-state index is -0.635. The Morgan fingerprint density at radius 3 is 2.83 bits per heavy atom. The molecule has 2 aliphatic heterocycles. The number of aliphatic hydroxyl groups is 1. The molecule has 2 heterocycles. The Morgan fingerprint density at radius 2 is 2.22 bits per heavy atom. The number of hydrogen-bond donors (Lipinski definition) is 3. The van der Waals surface area contributed by atoms with Gasteiger partial charge >= 0.3 is 0 Å². The number of primary amides is 1. The Hall–Kier alpha value is -1.14. The highest BCUT2D eigenvalue weighted by Crippen LogP contribution is 2.22. The van der Waals surface area contributed by atoms with Gasteiger partial charge in [0, 0.05) is 19.4 Å². The van der Waals surface area contributed by atoms with Gasteiger partial charge in [0.05, 0.1) is 6.10 Å². The summed E-state index contributed by atoms with van der Waals surface area (Å²) in [5.41, 5.74) is 5.27. The quantitative estimate of drug-likeness (QED) is 0.591. The summed E-state index contributed by atoms with van der Waals surface area (Å²) in [7, 11) is 0. The number of carbonyl (C=O) groups excluding carboxylic acids is 2. The lowest BCUT2D eigenvalue weighted by molar-refractivity contribution is -0.138. The molecule has 2 fully saturated rings. The van der Waals surface area contributed by atoms with Gasteiger partial charge in [-0.25, -0.2) is 0 Å². The summed E-state index contributed by atoms with van der Waals surface area (Å²) in [4.78, 5) is 24.9. The van der Waals surface area contributed by atoms with Crippen LogP contribution in [0.15, 0.2) is 0 Å². The van der Waals surface area contributed by atoms with E-state index in [1.54, 1.807) is 0 Å². The predicted octanol–water partition coefficient (Wildman–Crippen LogP) is -1.18. The van der Waals surface area contributed by atoms with Crippen molar-refractivity contribution in [2.45, 2.75) is 37.8 Å². The van der Waals surface area contributed by atoms with Crippen LogP contribution in [0.25, 0.3) is 0 Å². The van der Waals surface area contributed by atoms with Gasteiger partial charge in [0.2, 0.25) is 11.8 Å². The van der Waals surface area contributed by atoms with E-state index in [2.05, 4.69) is 5.32 Å². The Kier molecular flexibility index (Phi) is 4.19. The third-order valence-electron chi connectivity index (χ3n) is 3.79. The zero-order chi connectivity index (χ0) is 13.1. The fourth-order valence-corrected chi connectivity index (χ4v) is 2.82. The van der Waals surface area contributed by atoms with Gasteiger partial charge in [0.25, 0.3) is 0 Å². The zero-order valence-corrected chi connectivity index (χ0v) is 10.5. The van der Waals surface area contributed by atoms with E-state index in [4.69, 9.17) is 5.73 Å². The lowest BCUT2D eigenvalue weighted by Crippen LogP contribution is -2.45. The van der Waals surface area contributed by atoms with Crippen LogP contribution in [-0.2, 0) is 9.59 Å². The number of nitrogens with two attached hydrogens (primary N) is 1. The largest absolute Gasteiger partial charge is 0.391 e. The second-order valence-corrected chi connectivity index (χ2v) is 5.27. The summed E-state index contributed by atoms with van der Waals surface area (Å²) in [6.07, 6.45) is 2.19. The fraction of sp³-hybridized carbons (Fsp3) is 0.833. The number of piperidine rings is 1. The Morgan fingerprint density at radius 1 is 1.44 bits per heavy atom. The van der Waals surface area contributed by atoms with Crippen LogP contribution >= 0.6 is 0 Å². The zero-order valence-electron chi connectivity index (χ0n) is 10.5. The Balaban J connectivity index is 1.92. The van der Waals surface area contributed by atoms with E-state index >= 15 is 0 Å². The average Bonchev–Trinajstić information content (AvgIpc) is 2.73. The highest BCUT2D eigenvalue weighted by Gasteiger charge is 2.38. The molecule has 3 unspecified atom stereocenters. The summed E-state index contributed by atoms with van der Waals surface area (Å²) in [5.74, 6) is -0.261. The number of rotatable bonds is 3. The Labute approximate surface area is 107 Å². The van der Waals surface area contributed by atoms with Crippen molar-refractivity contribution in [3.05, 3.63) is 0 Å². The first-order chi connectivity index (χ1) is 8.58. The minimum absolute atomic E-state index is 0.0657. The van der Waals surface area contributed by atoms with Crippen molar-refractivity contribution in [2.24, 2.45) is 11.7 Å². The number of hydrogen-bond acceptors (Lipinski definition) is 4. The van der Waals surface area contributed by atoms with Crippen molar-refractivity contribution in [1.29, 1.82) is 0 Å². The van der Waals surface area contributed by atoms with E-state index in [1.807, 2.05) is 0 Å². The van der Waals surface area contributed by atoms with Crippen LogP contribution in [0.2, 0.25) is 0 Å². The maximum absolute atomic E-state index is 12.2. The molecule has 18 heavy (non-hydrogen) atoms. The van der Waals surface area contributed by atoms with Gasteiger partial charge in [-0.3, -0.25) is 9.59 Å². The number of carbonyl (C=O) groups is 2. The van der Waals surface area contributed by atoms with Gasteiger partial charge in [-0.2, -0.15) is 0 Å². The smallest absolute Gasteiger partial charge is 0.240 e. The molecule has 0 bridgehead atoms. The molecule has 0 aromatic rings. The van der Waals surface area contributed by atoms with E-state index in [1.165, 1.54) is 4.90 Å². The van der Waals surface area contributed by atoms with Gasteiger partial charge in [-0.15, -0.1) is 0 Å². The van der Waals surface area contributed by atoms with Gasteiger partial charge < -0.3 is 21.1 Å². The number of nitrogens with zero attached hydrogens (tertiary/aromatic N) is 1. The second kappa shape index (κ2) is 5.67. The summed E-state index contributed by atoms with van der Waals surface area (Å²) >= 11 is 0. The van der Waals surface area contributed by atoms with E-state index in [-0.39, 0.29) is 18.9 Å². The molecular weight excluding hydrogens is 234 g/mol. The molecule has 4 N–H and O–H groups in total. The monoisotopic (exact) mass is 255 g/mol. The van der Waals surface area contributed by atoms with Crippen molar-refractivity contribution in [3.63, 3.8) is 0 Å². The van der Waals surface area contributed by atoms with Crippen molar-refractivity contribution >= 4 is 11.8 Å². The van der Waals surface area contributed by atoms with E-state index in [9.17, 15) is 14.7 Å². The van der Waals surface area contributed by atoms with Crippen molar-refractivity contribution < 1.29 is 14.7 Å². The first-order valence-electron chi connectivity index (χ1n) is 6.55. The van der Waals surface area contributed by atoms with Crippen molar-refractivity contribution in [3.8, 4) is 0 Å².